The van der Waals surface area contributed by atoms with Crippen molar-refractivity contribution >= 4 is 43.7 Å². The van der Waals surface area contributed by atoms with E-state index in [1.165, 1.54) is 10.8 Å². The average Bonchev–Trinajstić information content (AvgIpc) is 3.64. The first-order valence-corrected chi connectivity index (χ1v) is 14.6. The molecule has 3 heterocycles. The highest BCUT2D eigenvalue weighted by atomic mass is 16.3. The topological polar surface area (TPSA) is 56.7 Å². The molecule has 0 radical (unpaired) electrons. The molecule has 0 saturated heterocycles. The van der Waals surface area contributed by atoms with E-state index in [1.54, 1.807) is 0 Å². The van der Waals surface area contributed by atoms with Gasteiger partial charge in [-0.05, 0) is 36.4 Å². The Bertz CT molecular complexity index is 2380. The van der Waals surface area contributed by atoms with Crippen LogP contribution >= 0.6 is 0 Å². The number of rotatable bonds is 4. The number of hydrogen-bond acceptors (Lipinski definition) is 4. The second-order valence-electron chi connectivity index (χ2n) is 10.9. The maximum absolute atomic E-state index is 6.61. The molecule has 0 atom stereocenters. The van der Waals surface area contributed by atoms with Gasteiger partial charge in [-0.3, -0.25) is 0 Å². The van der Waals surface area contributed by atoms with Crippen molar-refractivity contribution in [1.82, 2.24) is 19.5 Å². The molecule has 6 aromatic carbocycles. The highest BCUT2D eigenvalue weighted by Crippen LogP contribution is 2.39. The first-order chi connectivity index (χ1) is 21.8. The minimum Gasteiger partial charge on any atom is -0.454 e. The van der Waals surface area contributed by atoms with Crippen LogP contribution in [-0.2, 0) is 0 Å². The maximum Gasteiger partial charge on any atom is 0.164 e. The van der Waals surface area contributed by atoms with Crippen molar-refractivity contribution in [2.75, 3.05) is 0 Å². The maximum atomic E-state index is 6.61. The van der Waals surface area contributed by atoms with Crippen molar-refractivity contribution in [3.05, 3.63) is 146 Å². The molecular formula is C39H24N4O. The van der Waals surface area contributed by atoms with Crippen LogP contribution in [0.2, 0.25) is 0 Å². The van der Waals surface area contributed by atoms with E-state index < -0.39 is 0 Å². The van der Waals surface area contributed by atoms with Gasteiger partial charge in [-0.2, -0.15) is 0 Å². The van der Waals surface area contributed by atoms with Gasteiger partial charge >= 0.3 is 0 Å². The average molecular weight is 565 g/mol. The Morgan fingerprint density at radius 1 is 0.409 bits per heavy atom. The SMILES string of the molecule is c1ccc(-c2nc(-c3ccccc3)nc(-c3ccc4oc5c(-n6c7ccccc7c7ccccc76)cccc5c4c3)n2)cc1. The van der Waals surface area contributed by atoms with Crippen molar-refractivity contribution in [2.45, 2.75) is 0 Å². The summed E-state index contributed by atoms with van der Waals surface area (Å²) < 4.78 is 8.91. The summed E-state index contributed by atoms with van der Waals surface area (Å²) in [6, 6.07) is 49.7. The summed E-state index contributed by atoms with van der Waals surface area (Å²) in [5.41, 5.74) is 7.76. The van der Waals surface area contributed by atoms with E-state index >= 15 is 0 Å². The van der Waals surface area contributed by atoms with E-state index in [2.05, 4.69) is 77.4 Å². The van der Waals surface area contributed by atoms with Crippen molar-refractivity contribution in [3.63, 3.8) is 0 Å². The van der Waals surface area contributed by atoms with Gasteiger partial charge in [-0.25, -0.2) is 15.0 Å². The molecule has 0 spiro atoms. The summed E-state index contributed by atoms with van der Waals surface area (Å²) in [6.07, 6.45) is 0. The quantitative estimate of drug-likeness (QED) is 0.213. The highest BCUT2D eigenvalue weighted by molar-refractivity contribution is 6.13. The van der Waals surface area contributed by atoms with Crippen LogP contribution in [0.15, 0.2) is 150 Å². The molecule has 0 N–H and O–H groups in total. The van der Waals surface area contributed by atoms with Gasteiger partial charge in [0.15, 0.2) is 23.1 Å². The molecule has 0 aliphatic heterocycles. The monoisotopic (exact) mass is 564 g/mol. The number of hydrogen-bond donors (Lipinski definition) is 0. The summed E-state index contributed by atoms with van der Waals surface area (Å²) in [5, 5.41) is 4.50. The summed E-state index contributed by atoms with van der Waals surface area (Å²) in [7, 11) is 0. The third-order valence-corrected chi connectivity index (χ3v) is 8.25. The Balaban J connectivity index is 1.26. The number of benzene rings is 6. The zero-order chi connectivity index (χ0) is 29.0. The zero-order valence-electron chi connectivity index (χ0n) is 23.6. The summed E-state index contributed by atoms with van der Waals surface area (Å²) in [5.74, 6) is 1.90. The summed E-state index contributed by atoms with van der Waals surface area (Å²) in [4.78, 5) is 14.7. The molecule has 5 heteroatoms. The zero-order valence-corrected chi connectivity index (χ0v) is 23.6. The van der Waals surface area contributed by atoms with Gasteiger partial charge in [-0.1, -0.05) is 109 Å². The van der Waals surface area contributed by atoms with Crippen LogP contribution in [0.3, 0.4) is 0 Å². The van der Waals surface area contributed by atoms with Crippen molar-refractivity contribution in [1.29, 1.82) is 0 Å². The summed E-state index contributed by atoms with van der Waals surface area (Å²) >= 11 is 0. The normalized spacial score (nSPS) is 11.6. The lowest BCUT2D eigenvalue weighted by Crippen LogP contribution is -2.00. The van der Waals surface area contributed by atoms with Gasteiger partial charge in [-0.15, -0.1) is 0 Å². The van der Waals surface area contributed by atoms with Crippen LogP contribution in [0.4, 0.5) is 0 Å². The largest absolute Gasteiger partial charge is 0.454 e. The molecule has 206 valence electrons. The molecule has 0 saturated carbocycles. The van der Waals surface area contributed by atoms with Gasteiger partial charge < -0.3 is 8.98 Å². The molecule has 44 heavy (non-hydrogen) atoms. The molecule has 0 aliphatic rings. The molecule has 0 fully saturated rings. The van der Waals surface area contributed by atoms with Crippen molar-refractivity contribution in [3.8, 4) is 39.9 Å². The molecule has 0 bridgehead atoms. The van der Waals surface area contributed by atoms with Crippen LogP contribution in [0.5, 0.6) is 0 Å². The molecule has 5 nitrogen and oxygen atoms in total. The second-order valence-corrected chi connectivity index (χ2v) is 10.9. The minimum absolute atomic E-state index is 0.618. The van der Waals surface area contributed by atoms with Crippen molar-refractivity contribution in [2.24, 2.45) is 0 Å². The third kappa shape index (κ3) is 3.83. The van der Waals surface area contributed by atoms with Crippen LogP contribution in [0.25, 0.3) is 83.6 Å². The molecule has 0 aliphatic carbocycles. The lowest BCUT2D eigenvalue weighted by atomic mass is 10.1. The van der Waals surface area contributed by atoms with Crippen LogP contribution in [0.1, 0.15) is 0 Å². The van der Waals surface area contributed by atoms with E-state index in [1.807, 2.05) is 72.8 Å². The number of fused-ring (bicyclic) bond motifs is 6. The minimum atomic E-state index is 0.618. The smallest absolute Gasteiger partial charge is 0.164 e. The Morgan fingerprint density at radius 2 is 0.932 bits per heavy atom. The van der Waals surface area contributed by atoms with Crippen molar-refractivity contribution < 1.29 is 4.42 Å². The fourth-order valence-electron chi connectivity index (χ4n) is 6.22. The van der Waals surface area contributed by atoms with Crippen LogP contribution < -0.4 is 0 Å². The van der Waals surface area contributed by atoms with E-state index in [-0.39, 0.29) is 0 Å². The predicted molar refractivity (Wildman–Crippen MR) is 178 cm³/mol. The van der Waals surface area contributed by atoms with Gasteiger partial charge in [0.05, 0.1) is 16.7 Å². The lowest BCUT2D eigenvalue weighted by Gasteiger charge is -2.08. The van der Waals surface area contributed by atoms with E-state index in [0.717, 1.165) is 55.3 Å². The summed E-state index contributed by atoms with van der Waals surface area (Å²) in [6.45, 7) is 0. The molecule has 3 aromatic heterocycles. The molecule has 0 amide bonds. The van der Waals surface area contributed by atoms with Crippen LogP contribution in [0, 0.1) is 0 Å². The Labute approximate surface area is 252 Å². The van der Waals surface area contributed by atoms with Gasteiger partial charge in [0.25, 0.3) is 0 Å². The van der Waals surface area contributed by atoms with Gasteiger partial charge in [0.2, 0.25) is 0 Å². The predicted octanol–water partition coefficient (Wildman–Crippen LogP) is 9.87. The van der Waals surface area contributed by atoms with E-state index in [0.29, 0.717) is 17.5 Å². The van der Waals surface area contributed by atoms with Gasteiger partial charge in [0, 0.05) is 38.2 Å². The molecule has 0 unspecified atom stereocenters. The first-order valence-electron chi connectivity index (χ1n) is 14.6. The highest BCUT2D eigenvalue weighted by Gasteiger charge is 2.19. The standard InChI is InChI=1S/C39H24N4O/c1-3-12-25(13-4-1)37-40-38(26-14-5-2-6-15-26)42-39(41-37)27-22-23-35-31(24-27)30-18-11-21-34(36(30)44-35)43-32-19-9-7-16-28(32)29-17-8-10-20-33(29)43/h1-24H. The first kappa shape index (κ1) is 24.5. The number of para-hydroxylation sites is 3. The number of aromatic nitrogens is 4. The molecule has 9 aromatic rings. The Kier molecular flexibility index (Phi) is 5.43. The number of furan rings is 1. The van der Waals surface area contributed by atoms with E-state index in [9.17, 15) is 0 Å². The Morgan fingerprint density at radius 3 is 1.55 bits per heavy atom. The Hall–Kier alpha value is -6.07. The fourth-order valence-corrected chi connectivity index (χ4v) is 6.22. The molecule has 9 rings (SSSR count). The van der Waals surface area contributed by atoms with Gasteiger partial charge in [0.1, 0.15) is 5.58 Å². The van der Waals surface area contributed by atoms with Crippen LogP contribution in [-0.4, -0.2) is 19.5 Å². The number of nitrogens with zero attached hydrogens (tertiary/aromatic N) is 4. The molecular weight excluding hydrogens is 540 g/mol. The lowest BCUT2D eigenvalue weighted by molar-refractivity contribution is 0.666. The third-order valence-electron chi connectivity index (χ3n) is 8.25. The van der Waals surface area contributed by atoms with E-state index in [4.69, 9.17) is 19.4 Å². The fraction of sp³-hybridized carbons (Fsp3) is 0. The second kappa shape index (κ2) is 9.75.